The quantitative estimate of drug-likeness (QED) is 0.740. The van der Waals surface area contributed by atoms with E-state index in [1.807, 2.05) is 24.3 Å². The van der Waals surface area contributed by atoms with Crippen LogP contribution in [0.25, 0.3) is 11.4 Å². The van der Waals surface area contributed by atoms with Gasteiger partial charge in [-0.2, -0.15) is 4.98 Å². The van der Waals surface area contributed by atoms with Gasteiger partial charge in [-0.15, -0.1) is 0 Å². The minimum absolute atomic E-state index is 0.236. The average molecular weight is 368 g/mol. The van der Waals surface area contributed by atoms with Gasteiger partial charge in [0.1, 0.15) is 6.04 Å². The molecule has 27 heavy (non-hydrogen) atoms. The van der Waals surface area contributed by atoms with Crippen LogP contribution >= 0.6 is 0 Å². The monoisotopic (exact) mass is 368 g/mol. The number of benzene rings is 1. The summed E-state index contributed by atoms with van der Waals surface area (Å²) in [5.74, 6) is 0.724. The van der Waals surface area contributed by atoms with Gasteiger partial charge in [0.25, 0.3) is 5.91 Å². The molecule has 0 aliphatic carbocycles. The zero-order valence-electron chi connectivity index (χ0n) is 14.9. The van der Waals surface area contributed by atoms with Gasteiger partial charge in [-0.05, 0) is 43.3 Å². The van der Waals surface area contributed by atoms with E-state index >= 15 is 0 Å². The number of hydrogen-bond acceptors (Lipinski definition) is 7. The van der Waals surface area contributed by atoms with Crippen LogP contribution in [0.1, 0.15) is 29.4 Å². The highest BCUT2D eigenvalue weighted by atomic mass is 16.5. The second-order valence-electron chi connectivity index (χ2n) is 6.27. The summed E-state index contributed by atoms with van der Waals surface area (Å²) < 4.78 is 15.8. The summed E-state index contributed by atoms with van der Waals surface area (Å²) in [6.45, 7) is 5.05. The highest BCUT2D eigenvalue weighted by molar-refractivity contribution is 5.91. The van der Waals surface area contributed by atoms with Crippen molar-refractivity contribution < 1.29 is 18.5 Å². The van der Waals surface area contributed by atoms with E-state index in [-0.39, 0.29) is 11.7 Å². The number of rotatable bonds is 5. The van der Waals surface area contributed by atoms with E-state index in [1.54, 1.807) is 19.1 Å². The number of nitrogens with zero attached hydrogens (tertiary/aromatic N) is 3. The fraction of sp³-hybridized carbons (Fsp3) is 0.316. The largest absolute Gasteiger partial charge is 0.459 e. The number of aromatic nitrogens is 2. The molecule has 1 amide bonds. The zero-order chi connectivity index (χ0) is 18.6. The maximum Gasteiger partial charge on any atom is 0.287 e. The topological polar surface area (TPSA) is 93.6 Å². The second-order valence-corrected chi connectivity index (χ2v) is 6.27. The molecule has 140 valence electrons. The highest BCUT2D eigenvalue weighted by Crippen LogP contribution is 2.23. The first-order valence-corrected chi connectivity index (χ1v) is 8.82. The first-order chi connectivity index (χ1) is 13.2. The summed E-state index contributed by atoms with van der Waals surface area (Å²) in [4.78, 5) is 18.7. The SMILES string of the molecule is C[C@@H](NC(=O)c1ccco1)c1nc(-c2ccc(N3CCOCC3)cc2)no1. The van der Waals surface area contributed by atoms with Crippen molar-refractivity contribution in [2.24, 2.45) is 0 Å². The lowest BCUT2D eigenvalue weighted by Gasteiger charge is -2.28. The third-order valence-electron chi connectivity index (χ3n) is 4.41. The van der Waals surface area contributed by atoms with Gasteiger partial charge in [-0.3, -0.25) is 4.79 Å². The molecule has 2 aromatic heterocycles. The molecule has 0 saturated carbocycles. The molecule has 1 aliphatic heterocycles. The van der Waals surface area contributed by atoms with Crippen LogP contribution in [0.15, 0.2) is 51.6 Å². The van der Waals surface area contributed by atoms with Gasteiger partial charge in [-0.1, -0.05) is 5.16 Å². The van der Waals surface area contributed by atoms with Gasteiger partial charge in [0.05, 0.1) is 19.5 Å². The van der Waals surface area contributed by atoms with Gasteiger partial charge in [-0.25, -0.2) is 0 Å². The van der Waals surface area contributed by atoms with Crippen molar-refractivity contribution >= 4 is 11.6 Å². The Kier molecular flexibility index (Phi) is 4.88. The van der Waals surface area contributed by atoms with E-state index in [0.717, 1.165) is 37.6 Å². The number of carbonyl (C=O) groups excluding carboxylic acids is 1. The van der Waals surface area contributed by atoms with Gasteiger partial charge in [0.15, 0.2) is 5.76 Å². The molecule has 1 N–H and O–H groups in total. The molecule has 1 fully saturated rings. The van der Waals surface area contributed by atoms with Crippen LogP contribution in [-0.2, 0) is 4.74 Å². The molecule has 8 nitrogen and oxygen atoms in total. The second kappa shape index (κ2) is 7.63. The highest BCUT2D eigenvalue weighted by Gasteiger charge is 2.19. The molecule has 1 aromatic carbocycles. The van der Waals surface area contributed by atoms with Crippen molar-refractivity contribution in [1.29, 1.82) is 0 Å². The Morgan fingerprint density at radius 1 is 1.19 bits per heavy atom. The zero-order valence-corrected chi connectivity index (χ0v) is 14.9. The van der Waals surface area contributed by atoms with Gasteiger partial charge < -0.3 is 23.9 Å². The fourth-order valence-electron chi connectivity index (χ4n) is 2.91. The molecule has 8 heteroatoms. The van der Waals surface area contributed by atoms with Crippen molar-refractivity contribution in [1.82, 2.24) is 15.5 Å². The van der Waals surface area contributed by atoms with Gasteiger partial charge in [0, 0.05) is 24.3 Å². The third-order valence-corrected chi connectivity index (χ3v) is 4.41. The van der Waals surface area contributed by atoms with Gasteiger partial charge >= 0.3 is 0 Å². The fourth-order valence-corrected chi connectivity index (χ4v) is 2.91. The first kappa shape index (κ1) is 17.3. The van der Waals surface area contributed by atoms with Crippen molar-refractivity contribution in [2.45, 2.75) is 13.0 Å². The third kappa shape index (κ3) is 3.85. The molecule has 1 aliphatic rings. The van der Waals surface area contributed by atoms with Crippen LogP contribution in [-0.4, -0.2) is 42.4 Å². The van der Waals surface area contributed by atoms with Crippen LogP contribution in [0.2, 0.25) is 0 Å². The Hall–Kier alpha value is -3.13. The predicted molar refractivity (Wildman–Crippen MR) is 97.4 cm³/mol. The molecule has 1 atom stereocenters. The van der Waals surface area contributed by atoms with Crippen molar-refractivity contribution in [3.8, 4) is 11.4 Å². The lowest BCUT2D eigenvalue weighted by atomic mass is 10.2. The molecular weight excluding hydrogens is 348 g/mol. The van der Waals surface area contributed by atoms with E-state index < -0.39 is 6.04 Å². The minimum atomic E-state index is -0.434. The standard InChI is InChI=1S/C19H20N4O4/c1-13(20-18(24)16-3-2-10-26-16)19-21-17(22-27-19)14-4-6-15(7-5-14)23-8-11-25-12-9-23/h2-7,10,13H,8-9,11-12H2,1H3,(H,20,24)/t13-/m1/s1. The molecule has 1 saturated heterocycles. The first-order valence-electron chi connectivity index (χ1n) is 8.82. The molecule has 0 bridgehead atoms. The van der Waals surface area contributed by atoms with Crippen molar-refractivity contribution in [3.63, 3.8) is 0 Å². The molecular formula is C19H20N4O4. The van der Waals surface area contributed by atoms with Gasteiger partial charge in [0.2, 0.25) is 11.7 Å². The van der Waals surface area contributed by atoms with E-state index in [2.05, 4.69) is 20.4 Å². The summed E-state index contributed by atoms with van der Waals surface area (Å²) in [5, 5.41) is 6.79. The maximum atomic E-state index is 12.0. The predicted octanol–water partition coefficient (Wildman–Crippen LogP) is 2.66. The van der Waals surface area contributed by atoms with E-state index in [1.165, 1.54) is 6.26 Å². The number of furan rings is 1. The smallest absolute Gasteiger partial charge is 0.287 e. The molecule has 0 spiro atoms. The van der Waals surface area contributed by atoms with Crippen molar-refractivity contribution in [3.05, 3.63) is 54.3 Å². The van der Waals surface area contributed by atoms with Crippen LogP contribution < -0.4 is 10.2 Å². The van der Waals surface area contributed by atoms with Crippen LogP contribution in [0.4, 0.5) is 5.69 Å². The summed E-state index contributed by atoms with van der Waals surface area (Å²) in [7, 11) is 0. The Morgan fingerprint density at radius 2 is 1.96 bits per heavy atom. The van der Waals surface area contributed by atoms with E-state index in [4.69, 9.17) is 13.7 Å². The molecule has 0 radical (unpaired) electrons. The number of carbonyl (C=O) groups is 1. The van der Waals surface area contributed by atoms with E-state index in [0.29, 0.717) is 11.7 Å². The van der Waals surface area contributed by atoms with Crippen molar-refractivity contribution in [2.75, 3.05) is 31.2 Å². The lowest BCUT2D eigenvalue weighted by Crippen LogP contribution is -2.36. The lowest BCUT2D eigenvalue weighted by molar-refractivity contribution is 0.0904. The molecule has 3 heterocycles. The Morgan fingerprint density at radius 3 is 2.67 bits per heavy atom. The summed E-state index contributed by atoms with van der Waals surface area (Å²) in [6.07, 6.45) is 1.45. The Bertz CT molecular complexity index is 883. The molecule has 4 rings (SSSR count). The number of morpholine rings is 1. The number of nitrogens with one attached hydrogen (secondary N) is 1. The number of anilines is 1. The minimum Gasteiger partial charge on any atom is -0.459 e. The Balaban J connectivity index is 1.43. The van der Waals surface area contributed by atoms with Crippen LogP contribution in [0, 0.1) is 0 Å². The molecule has 0 unspecified atom stereocenters. The summed E-state index contributed by atoms with van der Waals surface area (Å²) >= 11 is 0. The number of hydrogen-bond donors (Lipinski definition) is 1. The average Bonchev–Trinajstić information content (AvgIpc) is 3.41. The van der Waals surface area contributed by atoms with E-state index in [9.17, 15) is 4.79 Å². The summed E-state index contributed by atoms with van der Waals surface area (Å²) in [6, 6.07) is 10.8. The maximum absolute atomic E-state index is 12.0. The summed E-state index contributed by atoms with van der Waals surface area (Å²) in [5.41, 5.74) is 2.00. The molecule has 3 aromatic rings. The number of amides is 1. The number of ether oxygens (including phenoxy) is 1. The van der Waals surface area contributed by atoms with Crippen LogP contribution in [0.3, 0.4) is 0 Å². The Labute approximate surface area is 156 Å². The van der Waals surface area contributed by atoms with Crippen LogP contribution in [0.5, 0.6) is 0 Å². The normalized spacial score (nSPS) is 15.5.